The molecule has 2 aromatic rings. The number of aryl methyl sites for hydroxylation is 2. The van der Waals surface area contributed by atoms with Crippen LogP contribution in [0.5, 0.6) is 0 Å². The maximum absolute atomic E-state index is 5.57. The molecule has 1 heterocycles. The molecule has 0 aliphatic heterocycles. The molecule has 6 N–H and O–H groups in total. The first-order valence-electron chi connectivity index (χ1n) is 7.05. The Labute approximate surface area is 127 Å². The molecule has 0 amide bonds. The molecule has 0 aliphatic carbocycles. The van der Waals surface area contributed by atoms with Crippen molar-refractivity contribution < 1.29 is 9.47 Å². The number of anilines is 3. The largest absolute Gasteiger partial charge is 0.399 e. The fourth-order valence-corrected chi connectivity index (χ4v) is 1.66. The van der Waals surface area contributed by atoms with E-state index in [1.54, 1.807) is 0 Å². The van der Waals surface area contributed by atoms with Crippen LogP contribution in [0, 0.1) is 0 Å². The zero-order valence-electron chi connectivity index (χ0n) is 13.4. The van der Waals surface area contributed by atoms with Crippen LogP contribution in [-0.2, 0) is 14.1 Å². The number of benzene rings is 1. The summed E-state index contributed by atoms with van der Waals surface area (Å²) < 4.78 is 3.72. The molecule has 21 heavy (non-hydrogen) atoms. The van der Waals surface area contributed by atoms with Crippen LogP contribution >= 0.6 is 0 Å². The van der Waals surface area contributed by atoms with E-state index in [1.165, 1.54) is 4.90 Å². The number of hydrogen-bond donors (Lipinski definition) is 4. The highest BCUT2D eigenvalue weighted by Crippen LogP contribution is 2.09. The van der Waals surface area contributed by atoms with Crippen LogP contribution in [-0.4, -0.2) is 31.8 Å². The maximum Gasteiger partial charge on any atom is 0.354 e. The molecule has 0 atom stereocenters. The van der Waals surface area contributed by atoms with E-state index in [0.29, 0.717) is 0 Å². The first-order chi connectivity index (χ1) is 9.90. The predicted octanol–water partition coefficient (Wildman–Crippen LogP) is -0.743. The van der Waals surface area contributed by atoms with Crippen LogP contribution in [0.1, 0.15) is 0 Å². The summed E-state index contributed by atoms with van der Waals surface area (Å²) in [6.45, 7) is 2.11. The second-order valence-corrected chi connectivity index (χ2v) is 5.38. The second-order valence-electron chi connectivity index (χ2n) is 5.38. The van der Waals surface area contributed by atoms with Crippen LogP contribution in [0.3, 0.4) is 0 Å². The normalized spacial score (nSPS) is 10.1. The first-order valence-corrected chi connectivity index (χ1v) is 7.05. The Kier molecular flexibility index (Phi) is 6.55. The van der Waals surface area contributed by atoms with Crippen molar-refractivity contribution >= 4 is 17.3 Å². The summed E-state index contributed by atoms with van der Waals surface area (Å²) in [7, 11) is 8.11. The molecule has 2 rings (SSSR count). The van der Waals surface area contributed by atoms with Gasteiger partial charge in [-0.3, -0.25) is 5.73 Å². The molecular weight excluding hydrogens is 264 g/mol. The Balaban J connectivity index is 0.000000235. The van der Waals surface area contributed by atoms with Gasteiger partial charge in [-0.2, -0.15) is 0 Å². The highest BCUT2D eigenvalue weighted by atomic mass is 15.2. The molecule has 6 nitrogen and oxygen atoms in total. The summed E-state index contributed by atoms with van der Waals surface area (Å²) in [4.78, 5) is 1.45. The summed E-state index contributed by atoms with van der Waals surface area (Å²) in [5.41, 5.74) is 13.0. The number of nitrogens with one attached hydrogen (secondary N) is 2. The summed E-state index contributed by atoms with van der Waals surface area (Å²) in [5.74, 6) is 0.769. The minimum atomic E-state index is 0.769. The summed E-state index contributed by atoms with van der Waals surface area (Å²) in [6, 6.07) is 7.82. The van der Waals surface area contributed by atoms with Gasteiger partial charge in [-0.25, -0.2) is 9.13 Å². The van der Waals surface area contributed by atoms with Gasteiger partial charge in [0.15, 0.2) is 0 Å². The summed E-state index contributed by atoms with van der Waals surface area (Å²) in [6.07, 6.45) is 3.82. The lowest BCUT2D eigenvalue weighted by Gasteiger charge is -2.09. The number of likely N-dealkylation sites (N-methyl/N-ethyl adjacent to an activating group) is 1. The lowest BCUT2D eigenvalue weighted by Crippen LogP contribution is -3.06. The van der Waals surface area contributed by atoms with E-state index in [-0.39, 0.29) is 0 Å². The molecule has 0 bridgehead atoms. The predicted molar refractivity (Wildman–Crippen MR) is 88.0 cm³/mol. The van der Waals surface area contributed by atoms with Gasteiger partial charge in [-0.15, -0.1) is 0 Å². The number of nitrogen functional groups attached to an aromatic ring is 2. The number of nitrogens with zero attached hydrogens (tertiary/aromatic N) is 2. The zero-order valence-corrected chi connectivity index (χ0v) is 13.4. The number of rotatable bonds is 4. The molecule has 0 saturated carbocycles. The van der Waals surface area contributed by atoms with Gasteiger partial charge in [0.05, 0.1) is 53.7 Å². The van der Waals surface area contributed by atoms with E-state index in [9.17, 15) is 0 Å². The molecule has 0 fully saturated rings. The third-order valence-corrected chi connectivity index (χ3v) is 3.10. The quantitative estimate of drug-likeness (QED) is 0.443. The van der Waals surface area contributed by atoms with Crippen molar-refractivity contribution in [3.63, 3.8) is 0 Å². The van der Waals surface area contributed by atoms with Crippen molar-refractivity contribution in [3.8, 4) is 0 Å². The van der Waals surface area contributed by atoms with Crippen LogP contribution < -0.4 is 26.3 Å². The monoisotopic (exact) mass is 292 g/mol. The summed E-state index contributed by atoms with van der Waals surface area (Å²) in [5, 5.41) is 3.33. The van der Waals surface area contributed by atoms with Crippen LogP contribution in [0.2, 0.25) is 0 Å². The minimum absolute atomic E-state index is 0.769. The fourth-order valence-electron chi connectivity index (χ4n) is 1.66. The Morgan fingerprint density at radius 2 is 1.81 bits per heavy atom. The van der Waals surface area contributed by atoms with Crippen LogP contribution in [0.15, 0.2) is 36.7 Å². The van der Waals surface area contributed by atoms with Gasteiger partial charge in [0.25, 0.3) is 0 Å². The van der Waals surface area contributed by atoms with Crippen molar-refractivity contribution in [2.75, 3.05) is 44.0 Å². The smallest absolute Gasteiger partial charge is 0.354 e. The lowest BCUT2D eigenvalue weighted by molar-refractivity contribution is -0.856. The molecule has 1 aromatic carbocycles. The standard InChI is InChI=1S/C10H17N3.C5H9N3/c1-13(2)8-7-12-10-5-3-9(11)4-6-10;1-7-3-4-8(2)5(7)6/h3-6,12H,7-8,11H2,1-2H3;3-4,6H,1-2H3/p+2. The Hall–Kier alpha value is -2.21. The van der Waals surface area contributed by atoms with E-state index in [4.69, 9.17) is 11.5 Å². The molecular formula is C15H28N6+2. The number of quaternary nitrogens is 1. The van der Waals surface area contributed by atoms with E-state index in [0.717, 1.165) is 30.4 Å². The van der Waals surface area contributed by atoms with Gasteiger partial charge in [0, 0.05) is 11.4 Å². The van der Waals surface area contributed by atoms with Crippen LogP contribution in [0.4, 0.5) is 17.3 Å². The van der Waals surface area contributed by atoms with Crippen LogP contribution in [0.25, 0.3) is 0 Å². The molecule has 0 radical (unpaired) electrons. The number of nitrogens with two attached hydrogens (primary N) is 2. The molecule has 0 unspecified atom stereocenters. The van der Waals surface area contributed by atoms with Gasteiger partial charge in [-0.05, 0) is 24.3 Å². The number of imidazole rings is 1. The summed E-state index contributed by atoms with van der Waals surface area (Å²) >= 11 is 0. The van der Waals surface area contributed by atoms with Crippen molar-refractivity contribution in [1.82, 2.24) is 4.57 Å². The SMILES string of the molecule is C[NH+](C)CCNc1ccc(N)cc1.Cn1cc[n+](C)c1N. The molecule has 0 spiro atoms. The zero-order chi connectivity index (χ0) is 15.8. The van der Waals surface area contributed by atoms with E-state index in [1.807, 2.05) is 59.9 Å². The highest BCUT2D eigenvalue weighted by Gasteiger charge is 2.00. The van der Waals surface area contributed by atoms with Gasteiger partial charge in [0.2, 0.25) is 0 Å². The lowest BCUT2D eigenvalue weighted by atomic mass is 10.3. The van der Waals surface area contributed by atoms with E-state index in [2.05, 4.69) is 19.4 Å². The van der Waals surface area contributed by atoms with Gasteiger partial charge < -0.3 is 16.0 Å². The van der Waals surface area contributed by atoms with Gasteiger partial charge in [-0.1, -0.05) is 0 Å². The maximum atomic E-state index is 5.57. The number of hydrogen-bond acceptors (Lipinski definition) is 3. The van der Waals surface area contributed by atoms with Crippen molar-refractivity contribution in [1.29, 1.82) is 0 Å². The van der Waals surface area contributed by atoms with Gasteiger partial charge in [0.1, 0.15) is 0 Å². The van der Waals surface area contributed by atoms with Crippen molar-refractivity contribution in [2.45, 2.75) is 0 Å². The molecule has 116 valence electrons. The minimum Gasteiger partial charge on any atom is -0.399 e. The molecule has 0 saturated heterocycles. The van der Waals surface area contributed by atoms with Crippen molar-refractivity contribution in [3.05, 3.63) is 36.7 Å². The Morgan fingerprint density at radius 1 is 1.19 bits per heavy atom. The third-order valence-electron chi connectivity index (χ3n) is 3.10. The Bertz CT molecular complexity index is 510. The molecule has 6 heteroatoms. The topological polar surface area (TPSA) is 77.3 Å². The van der Waals surface area contributed by atoms with E-state index < -0.39 is 0 Å². The first kappa shape index (κ1) is 16.8. The van der Waals surface area contributed by atoms with E-state index >= 15 is 0 Å². The van der Waals surface area contributed by atoms with Gasteiger partial charge >= 0.3 is 5.95 Å². The highest BCUT2D eigenvalue weighted by molar-refractivity contribution is 5.51. The molecule has 1 aromatic heterocycles. The van der Waals surface area contributed by atoms with Crippen molar-refractivity contribution in [2.24, 2.45) is 14.1 Å². The second kappa shape index (κ2) is 8.16. The average molecular weight is 292 g/mol. The number of aromatic nitrogens is 2. The third kappa shape index (κ3) is 6.18. The fraction of sp³-hybridized carbons (Fsp3) is 0.400. The Morgan fingerprint density at radius 3 is 2.19 bits per heavy atom. The average Bonchev–Trinajstić information content (AvgIpc) is 2.73. The molecule has 0 aliphatic rings.